The van der Waals surface area contributed by atoms with Crippen LogP contribution in [0.2, 0.25) is 0 Å². The van der Waals surface area contributed by atoms with Gasteiger partial charge in [0, 0.05) is 88.3 Å². The molecule has 2 aliphatic heterocycles. The molecule has 0 radical (unpaired) electrons. The van der Waals surface area contributed by atoms with E-state index in [1.807, 2.05) is 39.8 Å². The molecule has 2 bridgehead atoms. The second-order valence-electron chi connectivity index (χ2n) is 17.8. The highest BCUT2D eigenvalue weighted by Crippen LogP contribution is 2.25. The first-order valence-electron chi connectivity index (χ1n) is 23.4. The van der Waals surface area contributed by atoms with Crippen LogP contribution in [0.5, 0.6) is 0 Å². The van der Waals surface area contributed by atoms with Crippen LogP contribution in [0.25, 0.3) is 0 Å². The van der Waals surface area contributed by atoms with E-state index < -0.39 is 47.2 Å². The minimum absolute atomic E-state index is 0.0347. The predicted octanol–water partition coefficient (Wildman–Crippen LogP) is -0.0675. The van der Waals surface area contributed by atoms with E-state index in [-0.39, 0.29) is 140 Å². The molecule has 0 aliphatic carbocycles. The van der Waals surface area contributed by atoms with Crippen LogP contribution in [0.15, 0.2) is 24.3 Å². The number of ketones is 1. The minimum Gasteiger partial charge on any atom is -0.480 e. The van der Waals surface area contributed by atoms with Crippen molar-refractivity contribution in [1.29, 1.82) is 0 Å². The van der Waals surface area contributed by atoms with Crippen LogP contribution < -0.4 is 31.9 Å². The number of nitrogens with zero attached hydrogens (tertiary/aromatic N) is 3. The summed E-state index contributed by atoms with van der Waals surface area (Å²) in [6.07, 6.45) is 1.27. The summed E-state index contributed by atoms with van der Waals surface area (Å²) in [5.41, 5.74) is 0.782. The molecule has 2 aliphatic rings. The average molecular weight is 992 g/mol. The van der Waals surface area contributed by atoms with Crippen molar-refractivity contribution in [2.75, 3.05) is 96.6 Å². The van der Waals surface area contributed by atoms with Crippen molar-refractivity contribution >= 4 is 77.1 Å². The van der Waals surface area contributed by atoms with Gasteiger partial charge < -0.3 is 47.0 Å². The molecule has 1 spiro atoms. The number of carbonyl (C=O) groups is 9. The first kappa shape index (κ1) is 57.7. The number of piperidine rings is 1. The second-order valence-corrected chi connectivity index (χ2v) is 20.0. The van der Waals surface area contributed by atoms with E-state index in [2.05, 4.69) is 44.0 Å². The number of aldehydes is 1. The van der Waals surface area contributed by atoms with E-state index >= 15 is 0 Å². The summed E-state index contributed by atoms with van der Waals surface area (Å²) in [6.45, 7) is 8.59. The largest absolute Gasteiger partial charge is 0.480 e. The van der Waals surface area contributed by atoms with Gasteiger partial charge in [-0.3, -0.25) is 53.0 Å². The maximum Gasteiger partial charge on any atom is 0.317 e. The van der Waals surface area contributed by atoms with E-state index in [1.54, 1.807) is 38.2 Å². The number of fused-ring (bicyclic) bond motifs is 2. The number of thioether (sulfide) groups is 2. The fourth-order valence-electron chi connectivity index (χ4n) is 7.77. The van der Waals surface area contributed by atoms with Gasteiger partial charge in [-0.1, -0.05) is 58.4 Å². The van der Waals surface area contributed by atoms with Crippen LogP contribution in [0.1, 0.15) is 70.9 Å². The van der Waals surface area contributed by atoms with Crippen LogP contribution in [0, 0.1) is 11.8 Å². The Morgan fingerprint density at radius 3 is 2.06 bits per heavy atom. The van der Waals surface area contributed by atoms with E-state index in [9.17, 15) is 48.3 Å². The van der Waals surface area contributed by atoms with E-state index in [4.69, 9.17) is 5.11 Å². The third-order valence-corrected chi connectivity index (χ3v) is 13.9. The molecular weight excluding hydrogens is 919 g/mol. The lowest BCUT2D eigenvalue weighted by Gasteiger charge is -2.42. The first-order chi connectivity index (χ1) is 32.4. The Bertz CT molecular complexity index is 1850. The molecule has 0 saturated carbocycles. The lowest BCUT2D eigenvalue weighted by molar-refractivity contribution is -0.142. The fourth-order valence-corrected chi connectivity index (χ4v) is 9.47. The summed E-state index contributed by atoms with van der Waals surface area (Å²) in [5, 5.41) is 36.0. The average Bonchev–Trinajstić information content (AvgIpc) is 3.29. The molecule has 68 heavy (non-hydrogen) atoms. The number of hydrogen-bond donors (Lipinski definition) is 8. The van der Waals surface area contributed by atoms with E-state index in [0.29, 0.717) is 30.2 Å². The van der Waals surface area contributed by atoms with Crippen LogP contribution in [0.4, 0.5) is 0 Å². The van der Waals surface area contributed by atoms with Gasteiger partial charge in [-0.2, -0.15) is 23.5 Å². The summed E-state index contributed by atoms with van der Waals surface area (Å²) >= 11 is 3.29. The summed E-state index contributed by atoms with van der Waals surface area (Å²) in [5.74, 6) is -2.48. The van der Waals surface area contributed by atoms with Crippen LogP contribution in [-0.2, 0) is 54.7 Å². The standard InChI is InChI=1S/C46H73N9O11S2/c1-5-33(4)42-44(65)49-14-22-68-31-35-8-6-7-34(24-35)30-67-21-9-38(58)52-46(45(66)50-37(23-32(2)3)43(64)51-42)10-15-55(16-11-46)39(59)27-53(17-12-47-25-36(57)29-56)19-20-54(28-41(62)63)18-13-48-26-40(60)61/h6-8,24,29,32-33,37,42,47-48H,5,9-23,25-28,30-31H2,1-4H3,(H,49,65)(H,50,66)(H,51,64)(H,52,58)(H,60,61)(H,62,63)/t33-,37-,42-/m0/s1. The van der Waals surface area contributed by atoms with Crippen molar-refractivity contribution in [3.8, 4) is 0 Å². The van der Waals surface area contributed by atoms with Crippen molar-refractivity contribution < 1.29 is 53.4 Å². The number of benzene rings is 1. The molecule has 20 nitrogen and oxygen atoms in total. The van der Waals surface area contributed by atoms with Gasteiger partial charge in [0.15, 0.2) is 6.29 Å². The van der Waals surface area contributed by atoms with Crippen LogP contribution >= 0.6 is 23.5 Å². The first-order valence-corrected chi connectivity index (χ1v) is 25.7. The van der Waals surface area contributed by atoms with Gasteiger partial charge >= 0.3 is 11.9 Å². The van der Waals surface area contributed by atoms with Crippen molar-refractivity contribution in [3.63, 3.8) is 0 Å². The Balaban J connectivity index is 1.85. The third-order valence-electron chi connectivity index (χ3n) is 11.8. The Morgan fingerprint density at radius 1 is 0.853 bits per heavy atom. The normalized spacial score (nSPS) is 19.5. The number of nitrogens with one attached hydrogen (secondary N) is 6. The van der Waals surface area contributed by atoms with Gasteiger partial charge in [-0.15, -0.1) is 0 Å². The van der Waals surface area contributed by atoms with Gasteiger partial charge in [0.1, 0.15) is 17.6 Å². The smallest absolute Gasteiger partial charge is 0.317 e. The Hall–Kier alpha value is -4.61. The summed E-state index contributed by atoms with van der Waals surface area (Å²) in [7, 11) is 0. The van der Waals surface area contributed by atoms with Crippen molar-refractivity contribution in [2.24, 2.45) is 11.8 Å². The van der Waals surface area contributed by atoms with E-state index in [0.717, 1.165) is 16.9 Å². The molecule has 5 amide bonds. The number of carbonyl (C=O) groups excluding carboxylic acids is 7. The highest BCUT2D eigenvalue weighted by Gasteiger charge is 2.45. The van der Waals surface area contributed by atoms with Gasteiger partial charge in [-0.25, -0.2) is 0 Å². The number of aliphatic carboxylic acids is 2. The quantitative estimate of drug-likeness (QED) is 0.0429. The highest BCUT2D eigenvalue weighted by molar-refractivity contribution is 7.98. The Labute approximate surface area is 408 Å². The molecule has 3 atom stereocenters. The zero-order valence-electron chi connectivity index (χ0n) is 40.0. The molecule has 3 rings (SSSR count). The lowest BCUT2D eigenvalue weighted by Crippen LogP contribution is -2.66. The fraction of sp³-hybridized carbons (Fsp3) is 0.674. The van der Waals surface area contributed by atoms with E-state index in [1.165, 1.54) is 0 Å². The van der Waals surface area contributed by atoms with Gasteiger partial charge in [0.2, 0.25) is 35.3 Å². The molecule has 0 unspecified atom stereocenters. The molecule has 380 valence electrons. The maximum atomic E-state index is 14.6. The molecule has 0 aromatic heterocycles. The van der Waals surface area contributed by atoms with Crippen molar-refractivity contribution in [1.82, 2.24) is 46.6 Å². The molecule has 2 heterocycles. The number of hydrogen-bond acceptors (Lipinski definition) is 15. The number of carboxylic acid groups (broad SMARTS) is 2. The highest BCUT2D eigenvalue weighted by atomic mass is 32.2. The minimum atomic E-state index is -1.48. The third kappa shape index (κ3) is 21.4. The molecule has 1 aromatic carbocycles. The number of rotatable bonds is 22. The monoisotopic (exact) mass is 991 g/mol. The predicted molar refractivity (Wildman–Crippen MR) is 261 cm³/mol. The molecule has 1 aromatic rings. The molecular formula is C46H73N9O11S2. The Morgan fingerprint density at radius 2 is 1.47 bits per heavy atom. The van der Waals surface area contributed by atoms with Gasteiger partial charge in [0.25, 0.3) is 0 Å². The topological polar surface area (TPSA) is 276 Å². The van der Waals surface area contributed by atoms with Gasteiger partial charge in [-0.05, 0) is 42.2 Å². The maximum absolute atomic E-state index is 14.6. The zero-order chi connectivity index (χ0) is 50.1. The van der Waals surface area contributed by atoms with Crippen molar-refractivity contribution in [3.05, 3.63) is 35.4 Å². The zero-order valence-corrected chi connectivity index (χ0v) is 41.6. The lowest BCUT2D eigenvalue weighted by atomic mass is 9.85. The number of amides is 5. The number of Topliss-reactive ketones (excluding diaryl/α,β-unsaturated/α-hetero) is 1. The second kappa shape index (κ2) is 30.8. The molecule has 8 N–H and O–H groups in total. The van der Waals surface area contributed by atoms with Crippen LogP contribution in [0.3, 0.4) is 0 Å². The van der Waals surface area contributed by atoms with Gasteiger partial charge in [0.05, 0.1) is 26.2 Å². The summed E-state index contributed by atoms with van der Waals surface area (Å²) in [6, 6.07) is 6.35. The SMILES string of the molecule is CC[C@H](C)[C@@H]1NC(=O)[C@H](CC(C)C)NC(=O)C2(CCN(C(=O)CN(CCNCC(=O)C=O)CCN(CCNCC(=O)O)CC(=O)O)CC2)NC(=O)CCSCc2cccc(c2)CSCCNC1=O. The molecule has 22 heteroatoms. The Kier molecular flexibility index (Phi) is 26.1. The molecule has 1 fully saturated rings. The molecule has 1 saturated heterocycles. The number of carboxylic acids is 2. The summed E-state index contributed by atoms with van der Waals surface area (Å²) in [4.78, 5) is 120. The van der Waals surface area contributed by atoms with Crippen LogP contribution in [-0.4, -0.2) is 193 Å². The number of likely N-dealkylation sites (tertiary alicyclic amines) is 1. The van der Waals surface area contributed by atoms with Crippen molar-refractivity contribution in [2.45, 2.75) is 88.9 Å². The summed E-state index contributed by atoms with van der Waals surface area (Å²) < 4.78 is 0.